The predicted octanol–water partition coefficient (Wildman–Crippen LogP) is 0.00230. The van der Waals surface area contributed by atoms with E-state index < -0.39 is 11.5 Å². The van der Waals surface area contributed by atoms with Crippen LogP contribution in [0.5, 0.6) is 0 Å². The summed E-state index contributed by atoms with van der Waals surface area (Å²) in [4.78, 5) is 22.1. The average molecular weight is 201 g/mol. The van der Waals surface area contributed by atoms with Gasteiger partial charge in [-0.15, -0.1) is 0 Å². The Hall–Kier alpha value is -1.10. The normalized spacial score (nSPS) is 19.9. The van der Waals surface area contributed by atoms with Crippen molar-refractivity contribution in [2.75, 3.05) is 13.7 Å². The van der Waals surface area contributed by atoms with Crippen molar-refractivity contribution in [1.82, 2.24) is 5.32 Å². The van der Waals surface area contributed by atoms with E-state index in [1.807, 2.05) is 0 Å². The number of methoxy groups -OCH3 is 1. The number of carboxylic acid groups (broad SMARTS) is 1. The molecular formula is C9H15NO4. The Balaban J connectivity index is 2.82. The zero-order chi connectivity index (χ0) is 10.8. The molecular weight excluding hydrogens is 186 g/mol. The summed E-state index contributed by atoms with van der Waals surface area (Å²) < 4.78 is 4.88. The Kier molecular flexibility index (Phi) is 3.10. The lowest BCUT2D eigenvalue weighted by Crippen LogP contribution is -2.58. The van der Waals surface area contributed by atoms with Crippen LogP contribution in [-0.2, 0) is 14.3 Å². The minimum atomic E-state index is -1.22. The third kappa shape index (κ3) is 2.04. The van der Waals surface area contributed by atoms with Crippen LogP contribution in [0.2, 0.25) is 0 Å². The Labute approximate surface area is 82.4 Å². The fraction of sp³-hybridized carbons (Fsp3) is 0.778. The Morgan fingerprint density at radius 1 is 1.57 bits per heavy atom. The van der Waals surface area contributed by atoms with Crippen molar-refractivity contribution in [2.24, 2.45) is 5.92 Å². The molecule has 80 valence electrons. The number of carbonyl (C=O) groups is 2. The highest BCUT2D eigenvalue weighted by atomic mass is 16.5. The second-order valence-electron chi connectivity index (χ2n) is 3.66. The smallest absolute Gasteiger partial charge is 0.332 e. The fourth-order valence-corrected chi connectivity index (χ4v) is 1.66. The zero-order valence-corrected chi connectivity index (χ0v) is 8.37. The molecule has 1 fully saturated rings. The third-order valence-corrected chi connectivity index (χ3v) is 2.43. The summed E-state index contributed by atoms with van der Waals surface area (Å²) in [6.07, 6.45) is 1.66. The molecule has 0 aromatic heterocycles. The molecule has 1 amide bonds. The van der Waals surface area contributed by atoms with Crippen LogP contribution >= 0.6 is 0 Å². The molecule has 0 aromatic rings. The molecule has 0 aliphatic heterocycles. The van der Waals surface area contributed by atoms with Crippen LogP contribution < -0.4 is 5.32 Å². The van der Waals surface area contributed by atoms with Gasteiger partial charge in [0.1, 0.15) is 0 Å². The van der Waals surface area contributed by atoms with Gasteiger partial charge in [0.25, 0.3) is 0 Å². The minimum absolute atomic E-state index is 0.00356. The molecule has 0 bridgehead atoms. The van der Waals surface area contributed by atoms with Crippen LogP contribution in [0.1, 0.15) is 19.8 Å². The highest BCUT2D eigenvalue weighted by molar-refractivity contribution is 5.87. The summed E-state index contributed by atoms with van der Waals surface area (Å²) in [5.41, 5.74) is -1.22. The Bertz CT molecular complexity index is 249. The van der Waals surface area contributed by atoms with E-state index in [2.05, 4.69) is 5.32 Å². The number of rotatable bonds is 5. The van der Waals surface area contributed by atoms with E-state index in [-0.39, 0.29) is 18.4 Å². The van der Waals surface area contributed by atoms with Crippen molar-refractivity contribution < 1.29 is 19.4 Å². The highest BCUT2D eigenvalue weighted by Crippen LogP contribution is 2.40. The van der Waals surface area contributed by atoms with Crippen molar-refractivity contribution >= 4 is 11.9 Å². The fourth-order valence-electron chi connectivity index (χ4n) is 1.66. The van der Waals surface area contributed by atoms with E-state index in [4.69, 9.17) is 9.84 Å². The number of carbonyl (C=O) groups excluding carboxylic acids is 1. The van der Waals surface area contributed by atoms with Crippen LogP contribution in [-0.4, -0.2) is 36.2 Å². The molecule has 1 aliphatic carbocycles. The lowest BCUT2D eigenvalue weighted by atomic mass is 9.94. The van der Waals surface area contributed by atoms with Gasteiger partial charge in [-0.25, -0.2) is 4.79 Å². The molecule has 0 heterocycles. The van der Waals surface area contributed by atoms with E-state index >= 15 is 0 Å². The topological polar surface area (TPSA) is 75.6 Å². The number of hydrogen-bond donors (Lipinski definition) is 2. The number of ether oxygens (including phenoxy) is 1. The summed E-state index contributed by atoms with van der Waals surface area (Å²) in [5, 5.41) is 11.6. The molecule has 0 saturated heterocycles. The average Bonchev–Trinajstić information content (AvgIpc) is 2.84. The largest absolute Gasteiger partial charge is 0.479 e. The van der Waals surface area contributed by atoms with E-state index in [9.17, 15) is 9.59 Å². The standard InChI is InChI=1S/C9H15NO4/c1-6(11)10-9(5-14-2,8(12)13)7-3-4-7/h7H,3-5H2,1-2H3,(H,10,11)(H,12,13). The number of carboxylic acids is 1. The number of amides is 1. The molecule has 1 saturated carbocycles. The zero-order valence-electron chi connectivity index (χ0n) is 8.37. The van der Waals surface area contributed by atoms with Crippen LogP contribution in [0.4, 0.5) is 0 Å². The first-order valence-electron chi connectivity index (χ1n) is 4.54. The quantitative estimate of drug-likeness (QED) is 0.656. The molecule has 0 spiro atoms. The van der Waals surface area contributed by atoms with E-state index in [1.165, 1.54) is 14.0 Å². The van der Waals surface area contributed by atoms with Crippen LogP contribution in [0, 0.1) is 5.92 Å². The summed E-state index contributed by atoms with van der Waals surface area (Å²) >= 11 is 0. The van der Waals surface area contributed by atoms with E-state index in [1.54, 1.807) is 0 Å². The maximum absolute atomic E-state index is 11.1. The minimum Gasteiger partial charge on any atom is -0.479 e. The first-order chi connectivity index (χ1) is 6.53. The lowest BCUT2D eigenvalue weighted by molar-refractivity contribution is -0.151. The van der Waals surface area contributed by atoms with Gasteiger partial charge in [0, 0.05) is 14.0 Å². The number of hydrogen-bond acceptors (Lipinski definition) is 3. The molecule has 0 aromatic carbocycles. The molecule has 5 nitrogen and oxygen atoms in total. The predicted molar refractivity (Wildman–Crippen MR) is 48.8 cm³/mol. The Morgan fingerprint density at radius 3 is 2.43 bits per heavy atom. The second kappa shape index (κ2) is 3.96. The van der Waals surface area contributed by atoms with Gasteiger partial charge in [-0.05, 0) is 18.8 Å². The molecule has 1 unspecified atom stereocenters. The van der Waals surface area contributed by atoms with E-state index in [0.29, 0.717) is 0 Å². The van der Waals surface area contributed by atoms with Gasteiger partial charge in [-0.2, -0.15) is 0 Å². The third-order valence-electron chi connectivity index (χ3n) is 2.43. The van der Waals surface area contributed by atoms with Gasteiger partial charge in [-0.3, -0.25) is 4.79 Å². The van der Waals surface area contributed by atoms with Gasteiger partial charge in [0.15, 0.2) is 5.54 Å². The Morgan fingerprint density at radius 2 is 2.14 bits per heavy atom. The monoisotopic (exact) mass is 201 g/mol. The van der Waals surface area contributed by atoms with Crippen LogP contribution in [0.3, 0.4) is 0 Å². The van der Waals surface area contributed by atoms with Crippen molar-refractivity contribution in [3.05, 3.63) is 0 Å². The van der Waals surface area contributed by atoms with Gasteiger partial charge >= 0.3 is 5.97 Å². The van der Waals surface area contributed by atoms with Crippen molar-refractivity contribution in [1.29, 1.82) is 0 Å². The SMILES string of the molecule is COCC(NC(C)=O)(C(=O)O)C1CC1. The van der Waals surface area contributed by atoms with Crippen LogP contribution in [0.25, 0.3) is 0 Å². The summed E-state index contributed by atoms with van der Waals surface area (Å²) in [7, 11) is 1.43. The molecule has 1 atom stereocenters. The second-order valence-corrected chi connectivity index (χ2v) is 3.66. The van der Waals surface area contributed by atoms with Crippen LogP contribution in [0.15, 0.2) is 0 Å². The van der Waals surface area contributed by atoms with Gasteiger partial charge in [-0.1, -0.05) is 0 Å². The summed E-state index contributed by atoms with van der Waals surface area (Å²) in [6.45, 7) is 1.34. The highest BCUT2D eigenvalue weighted by Gasteiger charge is 2.52. The number of aliphatic carboxylic acids is 1. The van der Waals surface area contributed by atoms with Crippen molar-refractivity contribution in [2.45, 2.75) is 25.3 Å². The first-order valence-corrected chi connectivity index (χ1v) is 4.54. The molecule has 0 radical (unpaired) electrons. The summed E-state index contributed by atoms with van der Waals surface area (Å²) in [6, 6.07) is 0. The molecule has 1 aliphatic rings. The van der Waals surface area contributed by atoms with Gasteiger partial charge in [0.05, 0.1) is 6.61 Å². The molecule has 5 heteroatoms. The van der Waals surface area contributed by atoms with Gasteiger partial charge in [0.2, 0.25) is 5.91 Å². The molecule has 2 N–H and O–H groups in total. The maximum Gasteiger partial charge on any atom is 0.332 e. The van der Waals surface area contributed by atoms with Gasteiger partial charge < -0.3 is 15.2 Å². The lowest BCUT2D eigenvalue weighted by Gasteiger charge is -2.29. The molecule has 14 heavy (non-hydrogen) atoms. The van der Waals surface area contributed by atoms with Crippen molar-refractivity contribution in [3.63, 3.8) is 0 Å². The molecule has 1 rings (SSSR count). The first kappa shape index (κ1) is 11.0. The number of nitrogens with one attached hydrogen (secondary N) is 1. The summed E-state index contributed by atoms with van der Waals surface area (Å²) in [5.74, 6) is -1.35. The van der Waals surface area contributed by atoms with Crippen molar-refractivity contribution in [3.8, 4) is 0 Å². The maximum atomic E-state index is 11.1. The van der Waals surface area contributed by atoms with E-state index in [0.717, 1.165) is 12.8 Å².